The molecule has 1 unspecified atom stereocenters. The van der Waals surface area contributed by atoms with Gasteiger partial charge >= 0.3 is 12.2 Å². The molecule has 43 heavy (non-hydrogen) atoms. The summed E-state index contributed by atoms with van der Waals surface area (Å²) in [6.45, 7) is 7.49. The van der Waals surface area contributed by atoms with Crippen molar-refractivity contribution in [2.75, 3.05) is 11.5 Å². The number of nitrogens with zero attached hydrogens (tertiary/aromatic N) is 8. The summed E-state index contributed by atoms with van der Waals surface area (Å²) in [4.78, 5) is 22.6. The lowest BCUT2D eigenvalue weighted by Crippen LogP contribution is -2.25. The molecule has 5 N–H and O–H groups in total. The quantitative estimate of drug-likeness (QED) is 0.234. The van der Waals surface area contributed by atoms with E-state index in [2.05, 4.69) is 53.6 Å². The third-order valence-electron chi connectivity index (χ3n) is 7.65. The lowest BCUT2D eigenvalue weighted by Gasteiger charge is -2.22. The van der Waals surface area contributed by atoms with E-state index in [4.69, 9.17) is 20.9 Å². The number of nitrogen functional groups attached to an aromatic ring is 2. The molecule has 0 spiro atoms. The summed E-state index contributed by atoms with van der Waals surface area (Å²) in [7, 11) is 0. The summed E-state index contributed by atoms with van der Waals surface area (Å²) in [5.74, 6) is 11.9. The highest BCUT2D eigenvalue weighted by molar-refractivity contribution is 5.82. The van der Waals surface area contributed by atoms with Crippen LogP contribution in [0, 0.1) is 35.8 Å². The normalized spacial score (nSPS) is 26.4. The fourth-order valence-corrected chi connectivity index (χ4v) is 5.48. The van der Waals surface area contributed by atoms with Crippen LogP contribution in [-0.4, -0.2) is 61.5 Å². The van der Waals surface area contributed by atoms with Gasteiger partial charge in [0.1, 0.15) is 23.5 Å². The average Bonchev–Trinajstić information content (AvgIpc) is 3.74. The maximum atomic E-state index is 13.4. The fraction of sp³-hybridized carbons (Fsp3) is 0.500. The van der Waals surface area contributed by atoms with E-state index >= 15 is 0 Å². The molecular weight excluding hydrogens is 562 g/mol. The Morgan fingerprint density at radius 3 is 1.98 bits per heavy atom. The molecular formula is C28H32F2N10O3. The van der Waals surface area contributed by atoms with E-state index in [9.17, 15) is 13.9 Å². The van der Waals surface area contributed by atoms with Crippen LogP contribution in [-0.2, 0) is 9.47 Å². The predicted molar refractivity (Wildman–Crippen MR) is 152 cm³/mol. The number of aliphatic hydroxyl groups excluding tert-OH is 1. The van der Waals surface area contributed by atoms with Crippen LogP contribution in [0.2, 0.25) is 0 Å². The number of halogens is 2. The molecule has 226 valence electrons. The Hall–Kier alpha value is -4.44. The Morgan fingerprint density at radius 2 is 1.42 bits per heavy atom. The Labute approximate surface area is 246 Å². The lowest BCUT2D eigenvalue weighted by molar-refractivity contribution is -0.0621. The lowest BCUT2D eigenvalue weighted by atomic mass is 9.96. The van der Waals surface area contributed by atoms with Crippen molar-refractivity contribution in [2.45, 2.75) is 89.6 Å². The molecule has 4 aromatic heterocycles. The van der Waals surface area contributed by atoms with Crippen molar-refractivity contribution in [3.8, 4) is 23.7 Å². The number of hydrogen-bond acceptors (Lipinski definition) is 11. The van der Waals surface area contributed by atoms with Crippen LogP contribution in [0.4, 0.5) is 20.4 Å². The number of rotatable bonds is 4. The molecule has 15 heteroatoms. The second-order valence-electron chi connectivity index (χ2n) is 10.2. The largest absolute Gasteiger partial charge is 0.388 e. The maximum absolute atomic E-state index is 13.4. The van der Waals surface area contributed by atoms with Gasteiger partial charge in [0.05, 0.1) is 12.7 Å². The highest BCUT2D eigenvalue weighted by Gasteiger charge is 2.45. The second-order valence-corrected chi connectivity index (χ2v) is 10.2. The summed E-state index contributed by atoms with van der Waals surface area (Å²) in [6.07, 6.45) is 2.68. The number of imidazole rings is 2. The third-order valence-corrected chi connectivity index (χ3v) is 7.65. The number of ether oxygens (including phenoxy) is 2. The first-order valence-corrected chi connectivity index (χ1v) is 13.8. The van der Waals surface area contributed by atoms with Gasteiger partial charge in [-0.25, -0.2) is 9.97 Å². The van der Waals surface area contributed by atoms with Gasteiger partial charge < -0.3 is 26.0 Å². The van der Waals surface area contributed by atoms with Crippen LogP contribution in [0.5, 0.6) is 0 Å². The van der Waals surface area contributed by atoms with Crippen molar-refractivity contribution in [1.29, 1.82) is 0 Å². The zero-order valence-corrected chi connectivity index (χ0v) is 24.2. The number of nitrogens with two attached hydrogens (primary N) is 2. The predicted octanol–water partition coefficient (Wildman–Crippen LogP) is 3.03. The van der Waals surface area contributed by atoms with E-state index in [0.29, 0.717) is 24.0 Å². The van der Waals surface area contributed by atoms with Crippen LogP contribution in [0.15, 0.2) is 12.7 Å². The van der Waals surface area contributed by atoms with E-state index in [1.165, 1.54) is 10.9 Å². The highest BCUT2D eigenvalue weighted by Crippen LogP contribution is 2.41. The van der Waals surface area contributed by atoms with Crippen LogP contribution in [0.25, 0.3) is 22.3 Å². The minimum atomic E-state index is -0.950. The van der Waals surface area contributed by atoms with Crippen LogP contribution in [0.1, 0.15) is 72.3 Å². The zero-order chi connectivity index (χ0) is 30.9. The fourth-order valence-electron chi connectivity index (χ4n) is 5.48. The second kappa shape index (κ2) is 11.7. The smallest absolute Gasteiger partial charge is 0.312 e. The number of aliphatic hydroxyl groups is 1. The molecule has 2 aliphatic rings. The van der Waals surface area contributed by atoms with Gasteiger partial charge in [0, 0.05) is 6.42 Å². The van der Waals surface area contributed by atoms with Crippen LogP contribution < -0.4 is 11.5 Å². The first-order valence-electron chi connectivity index (χ1n) is 13.8. The van der Waals surface area contributed by atoms with Gasteiger partial charge in [-0.2, -0.15) is 28.7 Å². The van der Waals surface area contributed by atoms with E-state index < -0.39 is 35.7 Å². The molecule has 4 aromatic rings. The van der Waals surface area contributed by atoms with Gasteiger partial charge in [-0.05, 0) is 39.5 Å². The molecule has 0 bridgehead atoms. The Morgan fingerprint density at radius 1 is 0.884 bits per heavy atom. The highest BCUT2D eigenvalue weighted by atomic mass is 19.1. The van der Waals surface area contributed by atoms with E-state index in [1.807, 2.05) is 13.8 Å². The van der Waals surface area contributed by atoms with Crippen molar-refractivity contribution < 1.29 is 23.4 Å². The Kier molecular flexibility index (Phi) is 8.16. The first-order chi connectivity index (χ1) is 20.6. The van der Waals surface area contributed by atoms with Crippen molar-refractivity contribution in [3.63, 3.8) is 0 Å². The SMILES string of the molecule is CC#C[C@@]1(CC)CC(O)[C@H](n2cnc3c(N)nc(F)nc32)O1.CC#C[C@@]1(CC)CC[C@H](n2cnc3c(N)nc(F)nc32)O1. The van der Waals surface area contributed by atoms with Crippen molar-refractivity contribution in [2.24, 2.45) is 0 Å². The zero-order valence-electron chi connectivity index (χ0n) is 24.2. The van der Waals surface area contributed by atoms with E-state index in [-0.39, 0.29) is 29.0 Å². The molecule has 0 amide bonds. The molecule has 5 atom stereocenters. The number of hydrogen-bond donors (Lipinski definition) is 3. The minimum Gasteiger partial charge on any atom is -0.388 e. The van der Waals surface area contributed by atoms with E-state index in [1.54, 1.807) is 24.7 Å². The van der Waals surface area contributed by atoms with Crippen LogP contribution in [0.3, 0.4) is 0 Å². The summed E-state index contributed by atoms with van der Waals surface area (Å²) in [6, 6.07) is 0. The molecule has 0 aromatic carbocycles. The van der Waals surface area contributed by atoms with Gasteiger partial charge in [0.2, 0.25) is 0 Å². The Balaban J connectivity index is 0.000000171. The monoisotopic (exact) mass is 594 g/mol. The van der Waals surface area contributed by atoms with Crippen molar-refractivity contribution >= 4 is 34.0 Å². The molecule has 13 nitrogen and oxygen atoms in total. The molecule has 2 fully saturated rings. The topological polar surface area (TPSA) is 178 Å². The Bertz CT molecular complexity index is 1790. The summed E-state index contributed by atoms with van der Waals surface area (Å²) in [5.41, 5.74) is 11.3. The molecule has 2 saturated heterocycles. The third kappa shape index (κ3) is 5.54. The molecule has 0 saturated carbocycles. The maximum Gasteiger partial charge on any atom is 0.312 e. The standard InChI is InChI=1S/C14H16FN5O2.C14H16FN5O/c1-3-5-14(4-2)6-8(21)12(22-14)20-7-17-9-10(16)18-13(15)19-11(9)20;1-3-6-14(4-2)7-5-9(21-14)20-8-17-10-11(16)18-13(15)19-12(10)20/h7-8,12,21H,4,6H2,1-2H3,(H2,16,18,19);8-9H,4-5,7H2,1-2H3,(H2,16,18,19)/t8?,12-,14+;9-,14+/m11/s1. The molecule has 6 heterocycles. The average molecular weight is 595 g/mol. The molecule has 2 aliphatic heterocycles. The van der Waals surface area contributed by atoms with Gasteiger partial charge in [-0.15, -0.1) is 11.8 Å². The number of anilines is 2. The first kappa shape index (κ1) is 30.0. The molecule has 0 aliphatic carbocycles. The summed E-state index contributed by atoms with van der Waals surface area (Å²) < 4.78 is 42.0. The minimum absolute atomic E-state index is 0.0318. The summed E-state index contributed by atoms with van der Waals surface area (Å²) in [5, 5.41) is 10.3. The van der Waals surface area contributed by atoms with Gasteiger partial charge in [0.25, 0.3) is 0 Å². The molecule has 0 radical (unpaired) electrons. The van der Waals surface area contributed by atoms with Crippen LogP contribution >= 0.6 is 0 Å². The molecule has 6 rings (SSSR count). The summed E-state index contributed by atoms with van der Waals surface area (Å²) >= 11 is 0. The number of fused-ring (bicyclic) bond motifs is 2. The van der Waals surface area contributed by atoms with Crippen molar-refractivity contribution in [1.82, 2.24) is 39.0 Å². The van der Waals surface area contributed by atoms with Gasteiger partial charge in [-0.3, -0.25) is 9.13 Å². The van der Waals surface area contributed by atoms with Crippen molar-refractivity contribution in [3.05, 3.63) is 24.8 Å². The number of aromatic nitrogens is 8. The van der Waals surface area contributed by atoms with Gasteiger partial charge in [-0.1, -0.05) is 25.7 Å². The van der Waals surface area contributed by atoms with Gasteiger partial charge in [0.15, 0.2) is 40.2 Å². The van der Waals surface area contributed by atoms with E-state index in [0.717, 1.165) is 19.3 Å².